The predicted octanol–water partition coefficient (Wildman–Crippen LogP) is 5.11. The first-order valence-corrected chi connectivity index (χ1v) is 10.4. The van der Waals surface area contributed by atoms with E-state index in [1.165, 1.54) is 0 Å². The third-order valence-corrected chi connectivity index (χ3v) is 5.13. The molecule has 0 spiro atoms. The fourth-order valence-corrected chi connectivity index (χ4v) is 3.63. The molecule has 0 fully saturated rings. The Labute approximate surface area is 186 Å². The monoisotopic (exact) mass is 428 g/mol. The van der Waals surface area contributed by atoms with Gasteiger partial charge in [0.25, 0.3) is 5.91 Å². The van der Waals surface area contributed by atoms with E-state index in [9.17, 15) is 9.59 Å². The number of ether oxygens (including phenoxy) is 2. The molecule has 6 heteroatoms. The van der Waals surface area contributed by atoms with Gasteiger partial charge in [-0.15, -0.1) is 0 Å². The molecule has 32 heavy (non-hydrogen) atoms. The maximum Gasteiger partial charge on any atom is 0.341 e. The molecule has 4 rings (SSSR count). The van der Waals surface area contributed by atoms with Gasteiger partial charge in [-0.2, -0.15) is 0 Å². The highest BCUT2D eigenvalue weighted by molar-refractivity contribution is 6.06. The number of aromatic nitrogens is 1. The maximum atomic E-state index is 13.3. The first-order chi connectivity index (χ1) is 15.6. The summed E-state index contributed by atoms with van der Waals surface area (Å²) in [5.74, 6) is -0.476. The number of aryl methyl sites for hydroxylation is 1. The number of carbonyl (C=O) groups is 2. The lowest BCUT2D eigenvalue weighted by Crippen LogP contribution is -2.26. The van der Waals surface area contributed by atoms with Crippen LogP contribution in [0.5, 0.6) is 5.75 Å². The van der Waals surface area contributed by atoms with Crippen LogP contribution in [-0.2, 0) is 16.6 Å². The van der Waals surface area contributed by atoms with Gasteiger partial charge in [-0.3, -0.25) is 4.79 Å². The van der Waals surface area contributed by atoms with Crippen molar-refractivity contribution >= 4 is 28.5 Å². The van der Waals surface area contributed by atoms with Gasteiger partial charge >= 0.3 is 5.97 Å². The molecule has 0 saturated carbocycles. The minimum Gasteiger partial charge on any atom is -0.492 e. The molecule has 1 amide bonds. The summed E-state index contributed by atoms with van der Waals surface area (Å²) in [7, 11) is 1.87. The van der Waals surface area contributed by atoms with E-state index in [0.29, 0.717) is 29.2 Å². The number of carbonyl (C=O) groups excluding carboxylic acids is 2. The number of esters is 1. The minimum absolute atomic E-state index is 0.409. The van der Waals surface area contributed by atoms with E-state index in [0.717, 1.165) is 10.9 Å². The van der Waals surface area contributed by atoms with Crippen molar-refractivity contribution in [2.45, 2.75) is 13.0 Å². The summed E-state index contributed by atoms with van der Waals surface area (Å²) in [6, 6.07) is 23.7. The number of fused-ring (bicyclic) bond motifs is 1. The Morgan fingerprint density at radius 3 is 2.41 bits per heavy atom. The molecule has 0 aliphatic heterocycles. The third kappa shape index (κ3) is 4.34. The first-order valence-electron chi connectivity index (χ1n) is 10.4. The van der Waals surface area contributed by atoms with E-state index >= 15 is 0 Å². The quantitative estimate of drug-likeness (QED) is 0.415. The van der Waals surface area contributed by atoms with Crippen LogP contribution in [0.15, 0.2) is 85.1 Å². The van der Waals surface area contributed by atoms with Gasteiger partial charge in [0.2, 0.25) is 6.10 Å². The summed E-state index contributed by atoms with van der Waals surface area (Å²) in [4.78, 5) is 26.4. The van der Waals surface area contributed by atoms with Crippen LogP contribution in [0.4, 0.5) is 5.69 Å². The van der Waals surface area contributed by atoms with E-state index in [-0.39, 0.29) is 0 Å². The van der Waals surface area contributed by atoms with E-state index in [1.807, 2.05) is 54.9 Å². The van der Waals surface area contributed by atoms with Crippen LogP contribution in [0.3, 0.4) is 0 Å². The van der Waals surface area contributed by atoms with Gasteiger partial charge < -0.3 is 19.4 Å². The molecular formula is C26H24N2O4. The van der Waals surface area contributed by atoms with Crippen LogP contribution in [0.25, 0.3) is 10.9 Å². The lowest BCUT2D eigenvalue weighted by Gasteiger charge is -2.19. The highest BCUT2D eigenvalue weighted by Gasteiger charge is 2.27. The van der Waals surface area contributed by atoms with Crippen molar-refractivity contribution in [1.82, 2.24) is 4.57 Å². The Balaban J connectivity index is 1.64. The number of benzene rings is 3. The van der Waals surface area contributed by atoms with Gasteiger partial charge in [0.1, 0.15) is 5.75 Å². The Bertz CT molecular complexity index is 1250. The number of anilines is 1. The highest BCUT2D eigenvalue weighted by Crippen LogP contribution is 2.28. The third-order valence-electron chi connectivity index (χ3n) is 5.13. The Morgan fingerprint density at radius 1 is 0.938 bits per heavy atom. The molecule has 162 valence electrons. The van der Waals surface area contributed by atoms with E-state index in [1.54, 1.807) is 48.7 Å². The molecule has 1 N–H and O–H groups in total. The van der Waals surface area contributed by atoms with Gasteiger partial charge in [0.15, 0.2) is 0 Å². The first kappa shape index (κ1) is 21.2. The van der Waals surface area contributed by atoms with E-state index in [4.69, 9.17) is 9.47 Å². The largest absolute Gasteiger partial charge is 0.492 e. The zero-order chi connectivity index (χ0) is 22.5. The summed E-state index contributed by atoms with van der Waals surface area (Å²) < 4.78 is 13.2. The van der Waals surface area contributed by atoms with Crippen molar-refractivity contribution < 1.29 is 19.1 Å². The van der Waals surface area contributed by atoms with Crippen molar-refractivity contribution in [3.05, 3.63) is 96.2 Å². The van der Waals surface area contributed by atoms with Crippen LogP contribution < -0.4 is 10.1 Å². The number of nitrogens with one attached hydrogen (secondary N) is 1. The van der Waals surface area contributed by atoms with Crippen LogP contribution >= 0.6 is 0 Å². The molecule has 0 saturated heterocycles. The smallest absolute Gasteiger partial charge is 0.341 e. The average molecular weight is 428 g/mol. The molecule has 4 aromatic rings. The molecular weight excluding hydrogens is 404 g/mol. The number of amides is 1. The van der Waals surface area contributed by atoms with E-state index < -0.39 is 18.0 Å². The Hall–Kier alpha value is -4.06. The molecule has 0 radical (unpaired) electrons. The summed E-state index contributed by atoms with van der Waals surface area (Å²) in [6.07, 6.45) is 0.592. The SMILES string of the molecule is CCOc1ccccc1NC(=O)C(OC(=O)c1cn(C)c2ccccc12)c1ccccc1. The summed E-state index contributed by atoms with van der Waals surface area (Å²) >= 11 is 0. The molecule has 1 heterocycles. The number of hydrogen-bond donors (Lipinski definition) is 1. The topological polar surface area (TPSA) is 69.6 Å². The molecule has 3 aromatic carbocycles. The number of rotatable bonds is 7. The van der Waals surface area contributed by atoms with Gasteiger partial charge in [-0.05, 0) is 25.1 Å². The maximum absolute atomic E-state index is 13.3. The lowest BCUT2D eigenvalue weighted by atomic mass is 10.1. The fraction of sp³-hybridized carbons (Fsp3) is 0.154. The zero-order valence-electron chi connectivity index (χ0n) is 17.9. The summed E-state index contributed by atoms with van der Waals surface area (Å²) in [5, 5.41) is 3.62. The highest BCUT2D eigenvalue weighted by atomic mass is 16.5. The molecule has 1 aromatic heterocycles. The molecule has 0 bridgehead atoms. The Morgan fingerprint density at radius 2 is 1.62 bits per heavy atom. The van der Waals surface area contributed by atoms with Gasteiger partial charge in [0.05, 0.1) is 17.9 Å². The zero-order valence-corrected chi connectivity index (χ0v) is 17.9. The van der Waals surface area contributed by atoms with Gasteiger partial charge in [0, 0.05) is 29.7 Å². The minimum atomic E-state index is -1.13. The fourth-order valence-electron chi connectivity index (χ4n) is 3.63. The summed E-state index contributed by atoms with van der Waals surface area (Å²) in [6.45, 7) is 2.34. The van der Waals surface area contributed by atoms with Crippen LogP contribution in [0.2, 0.25) is 0 Å². The molecule has 6 nitrogen and oxygen atoms in total. The van der Waals surface area contributed by atoms with Gasteiger partial charge in [-0.25, -0.2) is 4.79 Å². The molecule has 1 atom stereocenters. The van der Waals surface area contributed by atoms with Crippen molar-refractivity contribution in [3.63, 3.8) is 0 Å². The second kappa shape index (κ2) is 9.39. The normalized spacial score (nSPS) is 11.7. The van der Waals surface area contributed by atoms with Crippen molar-refractivity contribution in [2.24, 2.45) is 7.05 Å². The molecule has 0 aliphatic carbocycles. The average Bonchev–Trinajstić information content (AvgIpc) is 3.16. The predicted molar refractivity (Wildman–Crippen MR) is 124 cm³/mol. The van der Waals surface area contributed by atoms with Crippen LogP contribution in [0, 0.1) is 0 Å². The number of hydrogen-bond acceptors (Lipinski definition) is 4. The second-order valence-electron chi connectivity index (χ2n) is 7.29. The van der Waals surface area contributed by atoms with Crippen molar-refractivity contribution in [1.29, 1.82) is 0 Å². The molecule has 0 aliphatic rings. The van der Waals surface area contributed by atoms with Crippen LogP contribution in [-0.4, -0.2) is 23.1 Å². The van der Waals surface area contributed by atoms with Crippen molar-refractivity contribution in [3.8, 4) is 5.75 Å². The lowest BCUT2D eigenvalue weighted by molar-refractivity contribution is -0.125. The Kier molecular flexibility index (Phi) is 6.22. The number of para-hydroxylation sites is 3. The standard InChI is InChI=1S/C26H24N2O4/c1-3-31-23-16-10-8-14-21(23)27-25(29)24(18-11-5-4-6-12-18)32-26(30)20-17-28(2)22-15-9-7-13-19(20)22/h4-17,24H,3H2,1-2H3,(H,27,29). The van der Waals surface area contributed by atoms with Gasteiger partial charge in [-0.1, -0.05) is 60.7 Å². The summed E-state index contributed by atoms with van der Waals surface area (Å²) in [5.41, 5.74) is 2.41. The second-order valence-corrected chi connectivity index (χ2v) is 7.29. The van der Waals surface area contributed by atoms with Crippen LogP contribution in [0.1, 0.15) is 28.9 Å². The van der Waals surface area contributed by atoms with Crippen molar-refractivity contribution in [2.75, 3.05) is 11.9 Å². The molecule has 1 unspecified atom stereocenters. The number of nitrogens with zero attached hydrogens (tertiary/aromatic N) is 1. The van der Waals surface area contributed by atoms with E-state index in [2.05, 4.69) is 5.32 Å².